The molecule has 0 radical (unpaired) electrons. The summed E-state index contributed by atoms with van der Waals surface area (Å²) in [6.07, 6.45) is 2.20. The Morgan fingerprint density at radius 1 is 1.53 bits per heavy atom. The summed E-state index contributed by atoms with van der Waals surface area (Å²) in [5.41, 5.74) is 6.81. The highest BCUT2D eigenvalue weighted by molar-refractivity contribution is 6.28. The molecule has 15 heavy (non-hydrogen) atoms. The maximum absolute atomic E-state index is 5.92. The predicted octanol–water partition coefficient (Wildman–Crippen LogP) is 1.37. The van der Waals surface area contributed by atoms with Crippen LogP contribution in [0, 0.1) is 6.92 Å². The molecule has 1 aromatic heterocycles. The monoisotopic (exact) mass is 226 g/mol. The molecule has 0 aromatic carbocycles. The first-order chi connectivity index (χ1) is 7.15. The zero-order valence-electron chi connectivity index (χ0n) is 8.78. The van der Waals surface area contributed by atoms with Crippen LogP contribution in [0.15, 0.2) is 6.07 Å². The second-order valence-corrected chi connectivity index (χ2v) is 4.32. The van der Waals surface area contributed by atoms with E-state index in [-0.39, 0.29) is 6.04 Å². The number of nitrogens with two attached hydrogens (primary N) is 1. The van der Waals surface area contributed by atoms with Crippen LogP contribution in [-0.4, -0.2) is 29.1 Å². The zero-order valence-corrected chi connectivity index (χ0v) is 9.54. The molecule has 1 saturated heterocycles. The number of rotatable bonds is 1. The smallest absolute Gasteiger partial charge is 0.224 e. The molecule has 0 saturated carbocycles. The lowest BCUT2D eigenvalue weighted by atomic mass is 10.1. The number of piperidine rings is 1. The summed E-state index contributed by atoms with van der Waals surface area (Å²) in [6.45, 7) is 3.77. The first-order valence-electron chi connectivity index (χ1n) is 5.17. The van der Waals surface area contributed by atoms with E-state index in [1.807, 2.05) is 13.0 Å². The minimum absolute atomic E-state index is 0.243. The number of hydrogen-bond donors (Lipinski definition) is 1. The van der Waals surface area contributed by atoms with Crippen LogP contribution in [0.2, 0.25) is 5.28 Å². The van der Waals surface area contributed by atoms with Gasteiger partial charge in [-0.1, -0.05) is 0 Å². The summed E-state index contributed by atoms with van der Waals surface area (Å²) in [4.78, 5) is 10.4. The molecule has 1 aromatic rings. The van der Waals surface area contributed by atoms with Crippen LogP contribution in [0.4, 0.5) is 5.82 Å². The second-order valence-electron chi connectivity index (χ2n) is 3.98. The van der Waals surface area contributed by atoms with Crippen molar-refractivity contribution < 1.29 is 0 Å². The molecule has 1 aliphatic heterocycles. The standard InChI is InChI=1S/C10H15ClN4/c1-7-5-9(14-10(11)13-7)15-4-2-3-8(12)6-15/h5,8H,2-4,6,12H2,1H3/t8-/m1/s1. The Labute approximate surface area is 94.5 Å². The van der Waals surface area contributed by atoms with E-state index in [1.165, 1.54) is 0 Å². The van der Waals surface area contributed by atoms with Crippen LogP contribution in [0.25, 0.3) is 0 Å². The van der Waals surface area contributed by atoms with E-state index in [0.717, 1.165) is 37.4 Å². The van der Waals surface area contributed by atoms with Gasteiger partial charge in [0, 0.05) is 30.9 Å². The molecule has 1 fully saturated rings. The highest BCUT2D eigenvalue weighted by Gasteiger charge is 2.18. The van der Waals surface area contributed by atoms with Crippen molar-refractivity contribution in [3.63, 3.8) is 0 Å². The Kier molecular flexibility index (Phi) is 3.07. The van der Waals surface area contributed by atoms with Crippen LogP contribution in [0.5, 0.6) is 0 Å². The van der Waals surface area contributed by atoms with Gasteiger partial charge in [-0.15, -0.1) is 0 Å². The molecule has 1 atom stereocenters. The Morgan fingerprint density at radius 2 is 2.33 bits per heavy atom. The van der Waals surface area contributed by atoms with E-state index >= 15 is 0 Å². The molecule has 82 valence electrons. The first kappa shape index (κ1) is 10.6. The Hall–Kier alpha value is -0.870. The van der Waals surface area contributed by atoms with Gasteiger partial charge in [-0.3, -0.25) is 0 Å². The summed E-state index contributed by atoms with van der Waals surface area (Å²) in [7, 11) is 0. The van der Waals surface area contributed by atoms with Gasteiger partial charge in [0.25, 0.3) is 0 Å². The SMILES string of the molecule is Cc1cc(N2CCC[C@@H](N)C2)nc(Cl)n1. The van der Waals surface area contributed by atoms with Gasteiger partial charge in [0.05, 0.1) is 0 Å². The third kappa shape index (κ3) is 2.58. The molecule has 0 bridgehead atoms. The molecular formula is C10H15ClN4. The maximum atomic E-state index is 5.92. The summed E-state index contributed by atoms with van der Waals surface area (Å²) in [5.74, 6) is 0.891. The molecule has 0 spiro atoms. The van der Waals surface area contributed by atoms with Crippen molar-refractivity contribution in [1.29, 1.82) is 0 Å². The fourth-order valence-corrected chi connectivity index (χ4v) is 2.12. The predicted molar refractivity (Wildman–Crippen MR) is 61.2 cm³/mol. The van der Waals surface area contributed by atoms with E-state index in [2.05, 4.69) is 14.9 Å². The average molecular weight is 227 g/mol. The minimum Gasteiger partial charge on any atom is -0.355 e. The molecular weight excluding hydrogens is 212 g/mol. The van der Waals surface area contributed by atoms with Crippen molar-refractivity contribution >= 4 is 17.4 Å². The van der Waals surface area contributed by atoms with Crippen molar-refractivity contribution in [2.45, 2.75) is 25.8 Å². The fraction of sp³-hybridized carbons (Fsp3) is 0.600. The summed E-state index contributed by atoms with van der Waals surface area (Å²) < 4.78 is 0. The highest BCUT2D eigenvalue weighted by atomic mass is 35.5. The molecule has 0 unspecified atom stereocenters. The Morgan fingerprint density at radius 3 is 3.00 bits per heavy atom. The quantitative estimate of drug-likeness (QED) is 0.735. The number of aryl methyl sites for hydroxylation is 1. The highest BCUT2D eigenvalue weighted by Crippen LogP contribution is 2.19. The Balaban J connectivity index is 2.20. The van der Waals surface area contributed by atoms with Crippen molar-refractivity contribution in [3.8, 4) is 0 Å². The third-order valence-electron chi connectivity index (χ3n) is 2.60. The largest absolute Gasteiger partial charge is 0.355 e. The normalized spacial score (nSPS) is 21.8. The summed E-state index contributed by atoms with van der Waals surface area (Å²) in [6, 6.07) is 2.19. The lowest BCUT2D eigenvalue weighted by molar-refractivity contribution is 0.503. The maximum Gasteiger partial charge on any atom is 0.224 e. The molecule has 1 aliphatic rings. The van der Waals surface area contributed by atoms with E-state index < -0.39 is 0 Å². The van der Waals surface area contributed by atoms with Gasteiger partial charge >= 0.3 is 0 Å². The van der Waals surface area contributed by atoms with Gasteiger partial charge in [-0.2, -0.15) is 0 Å². The van der Waals surface area contributed by atoms with Gasteiger partial charge in [0.15, 0.2) is 0 Å². The van der Waals surface area contributed by atoms with Gasteiger partial charge < -0.3 is 10.6 Å². The fourth-order valence-electron chi connectivity index (χ4n) is 1.90. The number of aromatic nitrogens is 2. The molecule has 2 rings (SSSR count). The van der Waals surface area contributed by atoms with E-state index in [9.17, 15) is 0 Å². The van der Waals surface area contributed by atoms with Crippen LogP contribution in [0.3, 0.4) is 0 Å². The summed E-state index contributed by atoms with van der Waals surface area (Å²) >= 11 is 5.83. The van der Waals surface area contributed by atoms with Gasteiger partial charge in [-0.25, -0.2) is 9.97 Å². The molecule has 0 amide bonds. The van der Waals surface area contributed by atoms with E-state index in [4.69, 9.17) is 17.3 Å². The topological polar surface area (TPSA) is 55.0 Å². The van der Waals surface area contributed by atoms with Crippen molar-refractivity contribution in [3.05, 3.63) is 17.0 Å². The molecule has 5 heteroatoms. The van der Waals surface area contributed by atoms with Crippen LogP contribution < -0.4 is 10.6 Å². The van der Waals surface area contributed by atoms with Crippen molar-refractivity contribution in [2.75, 3.05) is 18.0 Å². The van der Waals surface area contributed by atoms with Crippen molar-refractivity contribution in [2.24, 2.45) is 5.73 Å². The van der Waals surface area contributed by atoms with Gasteiger partial charge in [-0.05, 0) is 31.4 Å². The Bertz CT molecular complexity index is 335. The van der Waals surface area contributed by atoms with E-state index in [1.54, 1.807) is 0 Å². The van der Waals surface area contributed by atoms with Crippen LogP contribution in [-0.2, 0) is 0 Å². The van der Waals surface area contributed by atoms with E-state index in [0.29, 0.717) is 5.28 Å². The lowest BCUT2D eigenvalue weighted by Crippen LogP contribution is -2.43. The molecule has 4 nitrogen and oxygen atoms in total. The number of nitrogens with zero attached hydrogens (tertiary/aromatic N) is 3. The average Bonchev–Trinajstić information content (AvgIpc) is 2.16. The van der Waals surface area contributed by atoms with Gasteiger partial charge in [0.1, 0.15) is 5.82 Å². The first-order valence-corrected chi connectivity index (χ1v) is 5.54. The lowest BCUT2D eigenvalue weighted by Gasteiger charge is -2.31. The molecule has 2 N–H and O–H groups in total. The summed E-state index contributed by atoms with van der Waals surface area (Å²) in [5, 5.41) is 0.309. The minimum atomic E-state index is 0.243. The number of halogens is 1. The number of hydrogen-bond acceptors (Lipinski definition) is 4. The van der Waals surface area contributed by atoms with Crippen LogP contribution in [0.1, 0.15) is 18.5 Å². The number of anilines is 1. The second kappa shape index (κ2) is 4.33. The molecule has 2 heterocycles. The van der Waals surface area contributed by atoms with Crippen LogP contribution >= 0.6 is 11.6 Å². The third-order valence-corrected chi connectivity index (χ3v) is 2.76. The zero-order chi connectivity index (χ0) is 10.8. The van der Waals surface area contributed by atoms with Gasteiger partial charge in [0.2, 0.25) is 5.28 Å². The molecule has 0 aliphatic carbocycles. The van der Waals surface area contributed by atoms with Crippen molar-refractivity contribution in [1.82, 2.24) is 9.97 Å².